The van der Waals surface area contributed by atoms with E-state index in [1.54, 1.807) is 0 Å². The Bertz CT molecular complexity index is 669. The fourth-order valence-corrected chi connectivity index (χ4v) is 3.13. The van der Waals surface area contributed by atoms with Gasteiger partial charge in [0.2, 0.25) is 0 Å². The van der Waals surface area contributed by atoms with Crippen molar-refractivity contribution in [2.24, 2.45) is 5.73 Å². The fraction of sp³-hybridized carbons (Fsp3) is 0.429. The monoisotopic (exact) mass is 373 g/mol. The molecule has 1 aliphatic heterocycles. The number of hydrogen-bond acceptors (Lipinski definition) is 6. The van der Waals surface area contributed by atoms with Crippen molar-refractivity contribution in [3.63, 3.8) is 0 Å². The van der Waals surface area contributed by atoms with E-state index >= 15 is 0 Å². The highest BCUT2D eigenvalue weighted by Gasteiger charge is 2.44. The van der Waals surface area contributed by atoms with Crippen molar-refractivity contribution in [1.82, 2.24) is 0 Å². The number of methoxy groups -OCH3 is 1. The zero-order valence-corrected chi connectivity index (χ0v) is 15.4. The second-order valence-corrected chi connectivity index (χ2v) is 6.61. The van der Waals surface area contributed by atoms with Gasteiger partial charge in [0.1, 0.15) is 18.3 Å². The average Bonchev–Trinajstić information content (AvgIpc) is 2.71. The Kier molecular flexibility index (Phi) is 7.34. The first kappa shape index (κ1) is 19.9. The second kappa shape index (κ2) is 9.94. The molecule has 1 heterocycles. The van der Waals surface area contributed by atoms with E-state index in [1.165, 1.54) is 7.11 Å². The molecule has 3 N–H and O–H groups in total. The minimum absolute atomic E-state index is 0.216. The van der Waals surface area contributed by atoms with Crippen LogP contribution in [0.5, 0.6) is 0 Å². The lowest BCUT2D eigenvalue weighted by molar-refractivity contribution is -0.270. The Morgan fingerprint density at radius 1 is 0.963 bits per heavy atom. The highest BCUT2D eigenvalue weighted by molar-refractivity contribution is 5.14. The molecule has 27 heavy (non-hydrogen) atoms. The Morgan fingerprint density at radius 3 is 2.15 bits per heavy atom. The lowest BCUT2D eigenvalue weighted by Crippen LogP contribution is -2.63. The molecule has 0 amide bonds. The number of nitrogens with two attached hydrogens (primary N) is 1. The molecular formula is C21H27NO5. The van der Waals surface area contributed by atoms with E-state index in [0.29, 0.717) is 13.2 Å². The van der Waals surface area contributed by atoms with Crippen LogP contribution in [0.4, 0.5) is 0 Å². The first-order valence-electron chi connectivity index (χ1n) is 9.08. The van der Waals surface area contributed by atoms with Crippen LogP contribution < -0.4 is 5.73 Å². The number of benzene rings is 2. The number of hydrogen-bond donors (Lipinski definition) is 2. The normalized spacial score (nSPS) is 28.2. The molecule has 1 saturated heterocycles. The van der Waals surface area contributed by atoms with E-state index in [4.69, 9.17) is 24.7 Å². The minimum atomic E-state index is -0.911. The molecule has 5 atom stereocenters. The molecular weight excluding hydrogens is 346 g/mol. The van der Waals surface area contributed by atoms with E-state index in [0.717, 1.165) is 11.1 Å². The van der Waals surface area contributed by atoms with Gasteiger partial charge in [-0.25, -0.2) is 0 Å². The van der Waals surface area contributed by atoms with E-state index in [1.807, 2.05) is 60.7 Å². The molecule has 0 aromatic heterocycles. The zero-order valence-electron chi connectivity index (χ0n) is 15.4. The van der Waals surface area contributed by atoms with E-state index < -0.39 is 30.6 Å². The molecule has 1 aliphatic rings. The third kappa shape index (κ3) is 5.35. The van der Waals surface area contributed by atoms with Crippen LogP contribution in [-0.2, 0) is 32.2 Å². The van der Waals surface area contributed by atoms with Crippen LogP contribution >= 0.6 is 0 Å². The smallest absolute Gasteiger partial charge is 0.175 e. The standard InChI is InChI=1S/C21H27NO5/c1-24-21-18(22)20(26-13-16-10-6-3-7-11-16)19(23)17(27-21)14-25-12-15-8-4-2-5-9-15/h2-11,17-21,23H,12-14,22H2,1H3/t17-,18-,19-,20-,21+/m1/s1. The highest BCUT2D eigenvalue weighted by Crippen LogP contribution is 2.24. The summed E-state index contributed by atoms with van der Waals surface area (Å²) in [7, 11) is 1.53. The molecule has 2 aromatic carbocycles. The molecule has 6 nitrogen and oxygen atoms in total. The van der Waals surface area contributed by atoms with Crippen molar-refractivity contribution in [3.05, 3.63) is 71.8 Å². The van der Waals surface area contributed by atoms with Crippen LogP contribution in [0.1, 0.15) is 11.1 Å². The first-order valence-corrected chi connectivity index (χ1v) is 9.08. The summed E-state index contributed by atoms with van der Waals surface area (Å²) in [6.07, 6.45) is -2.78. The van der Waals surface area contributed by atoms with Gasteiger partial charge >= 0.3 is 0 Å². The predicted octanol–water partition coefficient (Wildman–Crippen LogP) is 1.85. The maximum atomic E-state index is 10.7. The van der Waals surface area contributed by atoms with Crippen molar-refractivity contribution in [2.75, 3.05) is 13.7 Å². The van der Waals surface area contributed by atoms with Gasteiger partial charge in [0, 0.05) is 7.11 Å². The summed E-state index contributed by atoms with van der Waals surface area (Å²) in [6.45, 7) is 1.00. The fourth-order valence-electron chi connectivity index (χ4n) is 3.13. The second-order valence-electron chi connectivity index (χ2n) is 6.61. The summed E-state index contributed by atoms with van der Waals surface area (Å²) in [5.41, 5.74) is 8.26. The molecule has 0 bridgehead atoms. The summed E-state index contributed by atoms with van der Waals surface area (Å²) in [6, 6.07) is 19.0. The molecule has 0 spiro atoms. The molecule has 0 unspecified atom stereocenters. The van der Waals surface area contributed by atoms with Crippen LogP contribution in [0.3, 0.4) is 0 Å². The van der Waals surface area contributed by atoms with Gasteiger partial charge in [-0.1, -0.05) is 60.7 Å². The highest BCUT2D eigenvalue weighted by atomic mass is 16.7. The number of aliphatic hydroxyl groups is 1. The van der Waals surface area contributed by atoms with Gasteiger partial charge in [0.05, 0.1) is 25.9 Å². The quantitative estimate of drug-likeness (QED) is 0.735. The van der Waals surface area contributed by atoms with E-state index in [9.17, 15) is 5.11 Å². The Morgan fingerprint density at radius 2 is 1.56 bits per heavy atom. The third-order valence-electron chi connectivity index (χ3n) is 4.63. The minimum Gasteiger partial charge on any atom is -0.388 e. The van der Waals surface area contributed by atoms with Crippen LogP contribution in [0.25, 0.3) is 0 Å². The number of aliphatic hydroxyl groups excluding tert-OH is 1. The van der Waals surface area contributed by atoms with Gasteiger partial charge < -0.3 is 29.8 Å². The van der Waals surface area contributed by atoms with Crippen LogP contribution in [0.2, 0.25) is 0 Å². The molecule has 146 valence electrons. The van der Waals surface area contributed by atoms with Crippen molar-refractivity contribution < 1.29 is 24.1 Å². The van der Waals surface area contributed by atoms with Gasteiger partial charge in [-0.15, -0.1) is 0 Å². The lowest BCUT2D eigenvalue weighted by atomic mass is 9.97. The molecule has 6 heteroatoms. The maximum absolute atomic E-state index is 10.7. The molecule has 0 radical (unpaired) electrons. The zero-order chi connectivity index (χ0) is 19.1. The number of rotatable bonds is 8. The van der Waals surface area contributed by atoms with Gasteiger partial charge in [-0.05, 0) is 11.1 Å². The van der Waals surface area contributed by atoms with Crippen molar-refractivity contribution in [3.8, 4) is 0 Å². The van der Waals surface area contributed by atoms with Crippen LogP contribution in [0, 0.1) is 0 Å². The van der Waals surface area contributed by atoms with Gasteiger partial charge in [-0.3, -0.25) is 0 Å². The van der Waals surface area contributed by atoms with Gasteiger partial charge in [0.15, 0.2) is 6.29 Å². The maximum Gasteiger partial charge on any atom is 0.175 e. The lowest BCUT2D eigenvalue weighted by Gasteiger charge is -2.42. The molecule has 1 fully saturated rings. The Hall–Kier alpha value is -1.80. The molecule has 2 aromatic rings. The molecule has 0 saturated carbocycles. The molecule has 3 rings (SSSR count). The van der Waals surface area contributed by atoms with Crippen molar-refractivity contribution >= 4 is 0 Å². The van der Waals surface area contributed by atoms with E-state index in [-0.39, 0.29) is 6.61 Å². The first-order chi connectivity index (χ1) is 13.2. The summed E-state index contributed by atoms with van der Waals surface area (Å²) < 4.78 is 22.8. The predicted molar refractivity (Wildman–Crippen MR) is 101 cm³/mol. The topological polar surface area (TPSA) is 83.2 Å². The number of ether oxygens (including phenoxy) is 4. The summed E-state index contributed by atoms with van der Waals surface area (Å²) in [5.74, 6) is 0. The SMILES string of the molecule is CO[C@H]1O[C@H](COCc2ccccc2)[C@@H](O)[C@H](OCc2ccccc2)[C@H]1N. The summed E-state index contributed by atoms with van der Waals surface area (Å²) >= 11 is 0. The van der Waals surface area contributed by atoms with Crippen LogP contribution in [0.15, 0.2) is 60.7 Å². The Balaban J connectivity index is 1.58. The Labute approximate surface area is 159 Å². The average molecular weight is 373 g/mol. The van der Waals surface area contributed by atoms with Gasteiger partial charge in [0.25, 0.3) is 0 Å². The largest absolute Gasteiger partial charge is 0.388 e. The summed E-state index contributed by atoms with van der Waals surface area (Å²) in [5, 5.41) is 10.7. The van der Waals surface area contributed by atoms with Crippen molar-refractivity contribution in [2.45, 2.75) is 43.9 Å². The van der Waals surface area contributed by atoms with Crippen molar-refractivity contribution in [1.29, 1.82) is 0 Å². The van der Waals surface area contributed by atoms with Crippen LogP contribution in [-0.4, -0.2) is 49.5 Å². The van der Waals surface area contributed by atoms with Gasteiger partial charge in [-0.2, -0.15) is 0 Å². The third-order valence-corrected chi connectivity index (χ3v) is 4.63. The summed E-state index contributed by atoms with van der Waals surface area (Å²) in [4.78, 5) is 0. The molecule has 0 aliphatic carbocycles. The van der Waals surface area contributed by atoms with E-state index in [2.05, 4.69) is 0 Å².